The van der Waals surface area contributed by atoms with Gasteiger partial charge < -0.3 is 4.90 Å². The van der Waals surface area contributed by atoms with E-state index >= 15 is 0 Å². The number of piperidine rings is 1. The lowest BCUT2D eigenvalue weighted by Crippen LogP contribution is -2.35. The largest absolute Gasteiger partial charge is 0.339 e. The van der Waals surface area contributed by atoms with Gasteiger partial charge in [0, 0.05) is 23.8 Å². The number of likely N-dealkylation sites (tertiary alicyclic amines) is 1. The van der Waals surface area contributed by atoms with E-state index in [-0.39, 0.29) is 5.91 Å². The Morgan fingerprint density at radius 2 is 1.96 bits per heavy atom. The molecule has 7 heteroatoms. The number of hydrogen-bond acceptors (Lipinski definition) is 3. The van der Waals surface area contributed by atoms with Crippen molar-refractivity contribution in [1.82, 2.24) is 19.5 Å². The van der Waals surface area contributed by atoms with Gasteiger partial charge in [0.05, 0.1) is 28.5 Å². The van der Waals surface area contributed by atoms with Crippen molar-refractivity contribution in [2.24, 2.45) is 0 Å². The number of amides is 1. The second-order valence-electron chi connectivity index (χ2n) is 6.11. The summed E-state index contributed by atoms with van der Waals surface area (Å²) in [6.45, 7) is 1.56. The van der Waals surface area contributed by atoms with E-state index in [4.69, 9.17) is 0 Å². The normalized spacial score (nSPS) is 14.9. The smallest absolute Gasteiger partial charge is 0.257 e. The molecule has 0 N–H and O–H groups in total. The Kier molecular flexibility index (Phi) is 4.25. The molecule has 0 atom stereocenters. The van der Waals surface area contributed by atoms with E-state index < -0.39 is 5.95 Å². The lowest BCUT2D eigenvalue weighted by molar-refractivity contribution is 0.0726. The van der Waals surface area contributed by atoms with Crippen LogP contribution in [0.4, 0.5) is 4.39 Å². The summed E-state index contributed by atoms with van der Waals surface area (Å²) < 4.78 is 16.5. The van der Waals surface area contributed by atoms with Crippen LogP contribution in [0.15, 0.2) is 41.1 Å². The molecule has 1 aliphatic rings. The molecule has 0 bridgehead atoms. The second-order valence-corrected chi connectivity index (χ2v) is 7.03. The maximum atomic E-state index is 14.2. The number of nitrogens with zero attached hydrogens (tertiary/aromatic N) is 4. The number of fused-ring (bicyclic) bond motifs is 1. The molecule has 3 aromatic rings. The zero-order chi connectivity index (χ0) is 17.4. The van der Waals surface area contributed by atoms with Gasteiger partial charge >= 0.3 is 0 Å². The van der Waals surface area contributed by atoms with Gasteiger partial charge in [-0.05, 0) is 53.4 Å². The fourth-order valence-electron chi connectivity index (χ4n) is 3.25. The number of pyridine rings is 2. The van der Waals surface area contributed by atoms with E-state index in [0.717, 1.165) is 32.4 Å². The minimum absolute atomic E-state index is 0.0142. The van der Waals surface area contributed by atoms with Gasteiger partial charge in [0.2, 0.25) is 5.95 Å². The Bertz CT molecular complexity index is 949. The maximum Gasteiger partial charge on any atom is 0.257 e. The third kappa shape index (κ3) is 2.93. The van der Waals surface area contributed by atoms with E-state index in [2.05, 4.69) is 26.0 Å². The highest BCUT2D eigenvalue weighted by molar-refractivity contribution is 9.10. The number of halogens is 2. The van der Waals surface area contributed by atoms with E-state index in [1.54, 1.807) is 28.9 Å². The molecule has 1 fully saturated rings. The Morgan fingerprint density at radius 3 is 2.76 bits per heavy atom. The van der Waals surface area contributed by atoms with Gasteiger partial charge in [0.15, 0.2) is 0 Å². The molecular weight excluding hydrogens is 387 g/mol. The zero-order valence-electron chi connectivity index (χ0n) is 13.5. The van der Waals surface area contributed by atoms with Crippen LogP contribution in [0.3, 0.4) is 0 Å². The Morgan fingerprint density at radius 1 is 1.16 bits per heavy atom. The number of aromatic nitrogens is 3. The van der Waals surface area contributed by atoms with Crippen LogP contribution < -0.4 is 0 Å². The molecular formula is C18H16BrFN4O. The van der Waals surface area contributed by atoms with Crippen LogP contribution in [0.2, 0.25) is 0 Å². The molecule has 0 aliphatic carbocycles. The maximum absolute atomic E-state index is 14.2. The quantitative estimate of drug-likeness (QED) is 0.610. The Hall–Kier alpha value is -2.28. The monoisotopic (exact) mass is 402 g/mol. The van der Waals surface area contributed by atoms with Gasteiger partial charge in [-0.1, -0.05) is 6.07 Å². The minimum atomic E-state index is -0.574. The van der Waals surface area contributed by atoms with Crippen LogP contribution >= 0.6 is 15.9 Å². The Balaban J connectivity index is 1.80. The molecule has 0 unspecified atom stereocenters. The number of hydrogen-bond donors (Lipinski definition) is 0. The summed E-state index contributed by atoms with van der Waals surface area (Å²) in [7, 11) is 0. The first-order chi connectivity index (χ1) is 12.1. The van der Waals surface area contributed by atoms with Crippen molar-refractivity contribution in [3.05, 3.63) is 52.6 Å². The summed E-state index contributed by atoms with van der Waals surface area (Å²) >= 11 is 3.32. The standard InChI is InChI=1S/C18H16BrFN4O/c19-12-9-13(17(20)21-10-12)15-5-4-6-16-14(11-22-24(15)16)18(25)23-7-2-1-3-8-23/h4-6,9-11H,1-3,7-8H2. The van der Waals surface area contributed by atoms with Crippen LogP contribution in [0.25, 0.3) is 16.8 Å². The molecule has 128 valence electrons. The highest BCUT2D eigenvalue weighted by Gasteiger charge is 2.22. The first-order valence-corrected chi connectivity index (χ1v) is 9.02. The van der Waals surface area contributed by atoms with Crippen LogP contribution in [0.5, 0.6) is 0 Å². The van der Waals surface area contributed by atoms with Gasteiger partial charge in [-0.15, -0.1) is 0 Å². The SMILES string of the molecule is O=C(c1cnn2c(-c3cc(Br)cnc3F)cccc12)N1CCCCC1. The van der Waals surface area contributed by atoms with Gasteiger partial charge in [0.25, 0.3) is 5.91 Å². The fourth-order valence-corrected chi connectivity index (χ4v) is 3.58. The van der Waals surface area contributed by atoms with Crippen LogP contribution in [-0.2, 0) is 0 Å². The van der Waals surface area contributed by atoms with Crippen molar-refractivity contribution in [2.75, 3.05) is 13.1 Å². The summed E-state index contributed by atoms with van der Waals surface area (Å²) in [5, 5.41) is 4.34. The van der Waals surface area contributed by atoms with E-state index in [9.17, 15) is 9.18 Å². The molecule has 3 aromatic heterocycles. The molecule has 0 spiro atoms. The summed E-state index contributed by atoms with van der Waals surface area (Å²) in [6.07, 6.45) is 6.21. The Labute approximate surface area is 152 Å². The summed E-state index contributed by atoms with van der Waals surface area (Å²) in [5.74, 6) is -0.588. The van der Waals surface area contributed by atoms with Gasteiger partial charge in [-0.25, -0.2) is 9.50 Å². The lowest BCUT2D eigenvalue weighted by atomic mass is 10.1. The molecule has 0 saturated carbocycles. The fraction of sp³-hybridized carbons (Fsp3) is 0.278. The summed E-state index contributed by atoms with van der Waals surface area (Å²) in [5.41, 5.74) is 2.11. The highest BCUT2D eigenvalue weighted by atomic mass is 79.9. The van der Waals surface area contributed by atoms with Crippen molar-refractivity contribution in [3.8, 4) is 11.3 Å². The van der Waals surface area contributed by atoms with Crippen molar-refractivity contribution in [3.63, 3.8) is 0 Å². The second kappa shape index (κ2) is 6.55. The lowest BCUT2D eigenvalue weighted by Gasteiger charge is -2.26. The molecule has 0 aromatic carbocycles. The van der Waals surface area contributed by atoms with Crippen LogP contribution in [-0.4, -0.2) is 38.5 Å². The first kappa shape index (κ1) is 16.2. The van der Waals surface area contributed by atoms with E-state index in [1.165, 1.54) is 6.20 Å². The number of carbonyl (C=O) groups is 1. The van der Waals surface area contributed by atoms with Gasteiger partial charge in [-0.3, -0.25) is 4.79 Å². The molecule has 25 heavy (non-hydrogen) atoms. The predicted molar refractivity (Wildman–Crippen MR) is 95.8 cm³/mol. The van der Waals surface area contributed by atoms with E-state index in [1.807, 2.05) is 11.0 Å². The molecule has 1 saturated heterocycles. The number of carbonyl (C=O) groups excluding carboxylic acids is 1. The van der Waals surface area contributed by atoms with Crippen molar-refractivity contribution in [1.29, 1.82) is 0 Å². The van der Waals surface area contributed by atoms with Crippen LogP contribution in [0.1, 0.15) is 29.6 Å². The topological polar surface area (TPSA) is 50.5 Å². The molecule has 1 amide bonds. The summed E-state index contributed by atoms with van der Waals surface area (Å²) in [4.78, 5) is 18.4. The van der Waals surface area contributed by atoms with Crippen LogP contribution in [0, 0.1) is 5.95 Å². The summed E-state index contributed by atoms with van der Waals surface area (Å²) in [6, 6.07) is 7.06. The molecule has 4 heterocycles. The van der Waals surface area contributed by atoms with Crippen molar-refractivity contribution >= 4 is 27.4 Å². The molecule has 0 radical (unpaired) electrons. The van der Waals surface area contributed by atoms with Gasteiger partial charge in [-0.2, -0.15) is 9.49 Å². The molecule has 1 aliphatic heterocycles. The van der Waals surface area contributed by atoms with Gasteiger partial charge in [0.1, 0.15) is 0 Å². The average Bonchev–Trinajstić information content (AvgIpc) is 3.08. The van der Waals surface area contributed by atoms with Crippen molar-refractivity contribution < 1.29 is 9.18 Å². The van der Waals surface area contributed by atoms with E-state index in [0.29, 0.717) is 26.8 Å². The minimum Gasteiger partial charge on any atom is -0.339 e. The first-order valence-electron chi connectivity index (χ1n) is 8.22. The average molecular weight is 403 g/mol. The third-order valence-corrected chi connectivity index (χ3v) is 4.93. The molecule has 4 rings (SSSR count). The van der Waals surface area contributed by atoms with Crippen molar-refractivity contribution in [2.45, 2.75) is 19.3 Å². The highest BCUT2D eigenvalue weighted by Crippen LogP contribution is 2.27. The predicted octanol–water partition coefficient (Wildman–Crippen LogP) is 3.92. The molecule has 5 nitrogen and oxygen atoms in total. The number of rotatable bonds is 2. The zero-order valence-corrected chi connectivity index (χ0v) is 15.0. The third-order valence-electron chi connectivity index (χ3n) is 4.50.